The summed E-state index contributed by atoms with van der Waals surface area (Å²) in [5, 5.41) is 0. The Kier molecular flexibility index (Phi) is 4.40. The number of rotatable bonds is 6. The van der Waals surface area contributed by atoms with Gasteiger partial charge < -0.3 is 17.2 Å². The molecule has 0 saturated carbocycles. The Morgan fingerprint density at radius 1 is 1.21 bits per heavy atom. The van der Waals surface area contributed by atoms with Crippen LogP contribution in [0.3, 0.4) is 0 Å². The summed E-state index contributed by atoms with van der Waals surface area (Å²) in [5.41, 5.74) is 15.3. The fourth-order valence-corrected chi connectivity index (χ4v) is 2.77. The van der Waals surface area contributed by atoms with Gasteiger partial charge >= 0.3 is 0 Å². The van der Waals surface area contributed by atoms with Crippen LogP contribution in [0.4, 0.5) is 5.82 Å². The maximum absolute atomic E-state index is 12.2. The summed E-state index contributed by atoms with van der Waals surface area (Å²) in [6, 6.07) is 2.56. The van der Waals surface area contributed by atoms with Crippen molar-refractivity contribution in [1.82, 2.24) is 9.29 Å². The molecule has 0 atom stereocenters. The van der Waals surface area contributed by atoms with Crippen molar-refractivity contribution < 1.29 is 18.0 Å². The highest BCUT2D eigenvalue weighted by atomic mass is 32.2. The van der Waals surface area contributed by atoms with Crippen molar-refractivity contribution in [3.8, 4) is 0 Å². The summed E-state index contributed by atoms with van der Waals surface area (Å²) in [6.45, 7) is -1.36. The van der Waals surface area contributed by atoms with Gasteiger partial charge in [-0.15, -0.1) is 0 Å². The molecule has 1 aromatic rings. The molecule has 0 aliphatic heterocycles. The van der Waals surface area contributed by atoms with E-state index in [1.807, 2.05) is 0 Å². The SMILES string of the molecule is NC(=O)CN(CC(N)=O)S(=O)(=O)c1cccnc1N. The van der Waals surface area contributed by atoms with Crippen LogP contribution in [-0.2, 0) is 19.6 Å². The van der Waals surface area contributed by atoms with Gasteiger partial charge in [-0.2, -0.15) is 4.31 Å². The average Bonchev–Trinajstić information content (AvgIpc) is 2.27. The zero-order chi connectivity index (χ0) is 14.6. The number of nitrogens with zero attached hydrogens (tertiary/aromatic N) is 2. The molecule has 0 fully saturated rings. The van der Waals surface area contributed by atoms with Crippen LogP contribution in [-0.4, -0.2) is 42.6 Å². The molecular formula is C9H13N5O4S. The molecule has 0 aliphatic carbocycles. The second-order valence-corrected chi connectivity index (χ2v) is 5.50. The first kappa shape index (κ1) is 14.9. The maximum atomic E-state index is 12.2. The minimum atomic E-state index is -4.18. The third-order valence-corrected chi connectivity index (χ3v) is 3.92. The highest BCUT2D eigenvalue weighted by molar-refractivity contribution is 7.89. The number of amides is 2. The predicted octanol–water partition coefficient (Wildman–Crippen LogP) is -2.37. The van der Waals surface area contributed by atoms with Crippen LogP contribution in [0.5, 0.6) is 0 Å². The molecule has 0 aromatic carbocycles. The molecule has 6 N–H and O–H groups in total. The molecule has 0 aliphatic rings. The summed E-state index contributed by atoms with van der Waals surface area (Å²) >= 11 is 0. The van der Waals surface area contributed by atoms with E-state index in [1.165, 1.54) is 18.3 Å². The van der Waals surface area contributed by atoms with Gasteiger partial charge in [0.1, 0.15) is 10.7 Å². The number of carbonyl (C=O) groups excluding carboxylic acids is 2. The standard InChI is InChI=1S/C9H13N5O4S/c10-7(15)4-14(5-8(11)16)19(17,18)6-2-1-3-13-9(6)12/h1-3H,4-5H2,(H2,10,15)(H2,11,16)(H2,12,13). The number of anilines is 1. The summed E-state index contributed by atoms with van der Waals surface area (Å²) in [5.74, 6) is -2.10. The van der Waals surface area contributed by atoms with E-state index in [0.717, 1.165) is 0 Å². The second-order valence-electron chi connectivity index (χ2n) is 3.59. The number of hydrogen-bond acceptors (Lipinski definition) is 6. The van der Waals surface area contributed by atoms with E-state index >= 15 is 0 Å². The van der Waals surface area contributed by atoms with Crippen LogP contribution < -0.4 is 17.2 Å². The average molecular weight is 287 g/mol. The number of primary amides is 2. The Balaban J connectivity index is 3.23. The van der Waals surface area contributed by atoms with Gasteiger partial charge in [0.05, 0.1) is 13.1 Å². The van der Waals surface area contributed by atoms with Gasteiger partial charge in [-0.05, 0) is 12.1 Å². The zero-order valence-corrected chi connectivity index (χ0v) is 10.6. The molecule has 19 heavy (non-hydrogen) atoms. The molecule has 1 aromatic heterocycles. The van der Waals surface area contributed by atoms with Crippen molar-refractivity contribution >= 4 is 27.7 Å². The van der Waals surface area contributed by atoms with E-state index in [0.29, 0.717) is 4.31 Å². The third kappa shape index (κ3) is 3.63. The maximum Gasteiger partial charge on any atom is 0.247 e. The van der Waals surface area contributed by atoms with Crippen molar-refractivity contribution in [1.29, 1.82) is 0 Å². The lowest BCUT2D eigenvalue weighted by atomic mass is 10.5. The molecule has 1 heterocycles. The van der Waals surface area contributed by atoms with Crippen molar-refractivity contribution in [3.63, 3.8) is 0 Å². The molecule has 2 amide bonds. The first-order chi connectivity index (χ1) is 8.75. The fraction of sp³-hybridized carbons (Fsp3) is 0.222. The molecule has 10 heteroatoms. The number of carbonyl (C=O) groups is 2. The summed E-state index contributed by atoms with van der Waals surface area (Å²) < 4.78 is 25.0. The topological polar surface area (TPSA) is 162 Å². The Morgan fingerprint density at radius 3 is 2.16 bits per heavy atom. The summed E-state index contributed by atoms with van der Waals surface area (Å²) in [4.78, 5) is 25.0. The van der Waals surface area contributed by atoms with E-state index in [2.05, 4.69) is 4.98 Å². The Labute approximate surface area is 109 Å². The molecule has 104 valence electrons. The Bertz CT molecular complexity index is 584. The van der Waals surface area contributed by atoms with E-state index < -0.39 is 34.9 Å². The van der Waals surface area contributed by atoms with Crippen molar-refractivity contribution in [2.75, 3.05) is 18.8 Å². The number of aromatic nitrogens is 1. The number of pyridine rings is 1. The minimum absolute atomic E-state index is 0.249. The van der Waals surface area contributed by atoms with E-state index in [4.69, 9.17) is 17.2 Å². The van der Waals surface area contributed by atoms with Crippen LogP contribution in [0.2, 0.25) is 0 Å². The monoisotopic (exact) mass is 287 g/mol. The predicted molar refractivity (Wildman–Crippen MR) is 65.8 cm³/mol. The fourth-order valence-electron chi connectivity index (χ4n) is 1.33. The first-order valence-electron chi connectivity index (χ1n) is 5.02. The number of sulfonamides is 1. The van der Waals surface area contributed by atoms with Gasteiger partial charge in [-0.3, -0.25) is 9.59 Å². The molecule has 1 rings (SSSR count). The third-order valence-electron chi connectivity index (χ3n) is 2.08. The van der Waals surface area contributed by atoms with Gasteiger partial charge in [0, 0.05) is 6.20 Å². The Morgan fingerprint density at radius 2 is 1.74 bits per heavy atom. The van der Waals surface area contributed by atoms with Crippen LogP contribution in [0, 0.1) is 0 Å². The largest absolute Gasteiger partial charge is 0.383 e. The lowest BCUT2D eigenvalue weighted by molar-refractivity contribution is -0.120. The van der Waals surface area contributed by atoms with E-state index in [-0.39, 0.29) is 10.7 Å². The van der Waals surface area contributed by atoms with Crippen molar-refractivity contribution in [2.45, 2.75) is 4.90 Å². The van der Waals surface area contributed by atoms with Crippen LogP contribution >= 0.6 is 0 Å². The second kappa shape index (κ2) is 5.63. The normalized spacial score (nSPS) is 11.4. The van der Waals surface area contributed by atoms with E-state index in [9.17, 15) is 18.0 Å². The van der Waals surface area contributed by atoms with E-state index in [1.54, 1.807) is 0 Å². The molecule has 0 bridgehead atoms. The number of nitrogens with two attached hydrogens (primary N) is 3. The van der Waals surface area contributed by atoms with Gasteiger partial charge in [0.15, 0.2) is 0 Å². The number of hydrogen-bond donors (Lipinski definition) is 3. The smallest absolute Gasteiger partial charge is 0.247 e. The molecular weight excluding hydrogens is 274 g/mol. The van der Waals surface area contributed by atoms with Crippen molar-refractivity contribution in [3.05, 3.63) is 18.3 Å². The minimum Gasteiger partial charge on any atom is -0.383 e. The Hall–Kier alpha value is -2.20. The molecule has 0 radical (unpaired) electrons. The molecule has 0 saturated heterocycles. The zero-order valence-electron chi connectivity index (χ0n) is 9.81. The molecule has 9 nitrogen and oxygen atoms in total. The first-order valence-corrected chi connectivity index (χ1v) is 6.46. The molecule has 0 spiro atoms. The van der Waals surface area contributed by atoms with Crippen LogP contribution in [0.25, 0.3) is 0 Å². The van der Waals surface area contributed by atoms with Gasteiger partial charge in [-0.1, -0.05) is 0 Å². The molecule has 0 unspecified atom stereocenters. The highest BCUT2D eigenvalue weighted by Crippen LogP contribution is 2.19. The summed E-state index contributed by atoms with van der Waals surface area (Å²) in [7, 11) is -4.18. The van der Waals surface area contributed by atoms with Crippen LogP contribution in [0.1, 0.15) is 0 Å². The van der Waals surface area contributed by atoms with Gasteiger partial charge in [0.2, 0.25) is 21.8 Å². The lowest BCUT2D eigenvalue weighted by Crippen LogP contribution is -2.43. The van der Waals surface area contributed by atoms with Crippen molar-refractivity contribution in [2.24, 2.45) is 11.5 Å². The number of nitrogen functional groups attached to an aromatic ring is 1. The quantitative estimate of drug-likeness (QED) is 0.529. The van der Waals surface area contributed by atoms with Gasteiger partial charge in [0.25, 0.3) is 0 Å². The van der Waals surface area contributed by atoms with Crippen LogP contribution in [0.15, 0.2) is 23.2 Å². The highest BCUT2D eigenvalue weighted by Gasteiger charge is 2.29. The summed E-state index contributed by atoms with van der Waals surface area (Å²) in [6.07, 6.45) is 1.31. The lowest BCUT2D eigenvalue weighted by Gasteiger charge is -2.19. The van der Waals surface area contributed by atoms with Gasteiger partial charge in [-0.25, -0.2) is 13.4 Å².